The van der Waals surface area contributed by atoms with E-state index in [1.54, 1.807) is 30.4 Å². The Morgan fingerprint density at radius 3 is 1.71 bits per heavy atom. The highest BCUT2D eigenvalue weighted by atomic mass is 16.6. The molecule has 0 heterocycles. The minimum absolute atomic E-state index is 0.171. The van der Waals surface area contributed by atoms with Crippen molar-refractivity contribution in [3.63, 3.8) is 0 Å². The van der Waals surface area contributed by atoms with Gasteiger partial charge in [-0.3, -0.25) is 9.59 Å². The molecule has 0 aliphatic carbocycles. The zero-order chi connectivity index (χ0) is 33.4. The summed E-state index contributed by atoms with van der Waals surface area (Å²) in [5.41, 5.74) is 0. The fraction of sp³-hybridized carbons (Fsp3) is 0.632. The van der Waals surface area contributed by atoms with Crippen molar-refractivity contribution in [2.75, 3.05) is 13.2 Å². The maximum atomic E-state index is 11.9. The van der Waals surface area contributed by atoms with Gasteiger partial charge in [0.15, 0.2) is 0 Å². The van der Waals surface area contributed by atoms with Gasteiger partial charge in [-0.15, -0.1) is 0 Å². The largest absolute Gasteiger partial charge is 0.463 e. The van der Waals surface area contributed by atoms with E-state index in [4.69, 9.17) is 9.47 Å². The lowest BCUT2D eigenvalue weighted by Gasteiger charge is -2.12. The molecule has 0 aromatic heterocycles. The molecule has 0 saturated heterocycles. The molecule has 0 bridgehead atoms. The minimum Gasteiger partial charge on any atom is -0.463 e. The van der Waals surface area contributed by atoms with E-state index in [-0.39, 0.29) is 25.6 Å². The molecule has 0 spiro atoms. The fourth-order valence-corrected chi connectivity index (χ4v) is 4.17. The highest BCUT2D eigenvalue weighted by molar-refractivity contribution is 5.70. The van der Waals surface area contributed by atoms with E-state index in [1.165, 1.54) is 32.1 Å². The van der Waals surface area contributed by atoms with Crippen LogP contribution < -0.4 is 0 Å². The number of unbranched alkanes of at least 4 members (excludes halogenated alkanes) is 6. The zero-order valence-corrected chi connectivity index (χ0v) is 28.2. The Morgan fingerprint density at radius 2 is 1.13 bits per heavy atom. The number of hydrogen-bond donors (Lipinski definition) is 3. The molecule has 0 aromatic carbocycles. The number of rotatable bonds is 28. The van der Waals surface area contributed by atoms with Gasteiger partial charge in [0, 0.05) is 12.8 Å². The van der Waals surface area contributed by atoms with Crippen molar-refractivity contribution in [1.29, 1.82) is 0 Å². The second-order valence-corrected chi connectivity index (χ2v) is 11.8. The molecule has 0 aliphatic heterocycles. The van der Waals surface area contributed by atoms with Gasteiger partial charge in [0.2, 0.25) is 0 Å². The average molecular weight is 631 g/mol. The van der Waals surface area contributed by atoms with E-state index in [0.717, 1.165) is 31.6 Å². The van der Waals surface area contributed by atoms with Crippen LogP contribution in [0.4, 0.5) is 0 Å². The molecule has 0 aromatic rings. The first kappa shape index (κ1) is 42.3. The minimum atomic E-state index is -1.03. The predicted molar refractivity (Wildman–Crippen MR) is 185 cm³/mol. The van der Waals surface area contributed by atoms with Crippen LogP contribution in [0.25, 0.3) is 0 Å². The molecule has 7 nitrogen and oxygen atoms in total. The van der Waals surface area contributed by atoms with Crippen molar-refractivity contribution in [2.45, 2.75) is 135 Å². The summed E-state index contributed by atoms with van der Waals surface area (Å²) >= 11 is 0. The van der Waals surface area contributed by atoms with Gasteiger partial charge < -0.3 is 24.8 Å². The predicted octanol–water partition coefficient (Wildman–Crippen LogP) is 8.02. The SMILES string of the molecule is CC/C=C\C[C@@H](O)/C=C/C=C\C=C\[C@@H](O)C/C=C\C/C=C\CCC(=O)OC[C@H](O)COC(=O)CCCCCCCCCC(C)C. The van der Waals surface area contributed by atoms with Gasteiger partial charge in [-0.1, -0.05) is 139 Å². The Kier molecular flexibility index (Phi) is 29.3. The smallest absolute Gasteiger partial charge is 0.306 e. The number of carbonyl (C=O) groups is 2. The highest BCUT2D eigenvalue weighted by Gasteiger charge is 2.11. The molecule has 7 heteroatoms. The van der Waals surface area contributed by atoms with Crippen molar-refractivity contribution in [1.82, 2.24) is 0 Å². The third-order valence-electron chi connectivity index (χ3n) is 6.81. The molecule has 0 unspecified atom stereocenters. The van der Waals surface area contributed by atoms with Gasteiger partial charge in [-0.25, -0.2) is 0 Å². The molecule has 0 saturated carbocycles. The number of esters is 2. The molecule has 0 aliphatic rings. The first-order chi connectivity index (χ1) is 21.7. The molecular weight excluding hydrogens is 568 g/mol. The van der Waals surface area contributed by atoms with E-state index < -0.39 is 24.3 Å². The number of allylic oxidation sites excluding steroid dienone is 8. The van der Waals surface area contributed by atoms with Gasteiger partial charge >= 0.3 is 11.9 Å². The highest BCUT2D eigenvalue weighted by Crippen LogP contribution is 2.13. The molecular formula is C38H62O7. The van der Waals surface area contributed by atoms with Crippen LogP contribution in [0.5, 0.6) is 0 Å². The van der Waals surface area contributed by atoms with Crippen LogP contribution in [0.3, 0.4) is 0 Å². The van der Waals surface area contributed by atoms with Crippen molar-refractivity contribution in [3.05, 3.63) is 72.9 Å². The van der Waals surface area contributed by atoms with E-state index in [0.29, 0.717) is 32.1 Å². The van der Waals surface area contributed by atoms with Crippen LogP contribution in [-0.2, 0) is 19.1 Å². The number of hydrogen-bond acceptors (Lipinski definition) is 7. The number of aliphatic hydroxyl groups excluding tert-OH is 3. The monoisotopic (exact) mass is 630 g/mol. The van der Waals surface area contributed by atoms with Crippen molar-refractivity contribution in [2.24, 2.45) is 5.92 Å². The molecule has 0 amide bonds. The van der Waals surface area contributed by atoms with Crippen molar-refractivity contribution < 1.29 is 34.4 Å². The third-order valence-corrected chi connectivity index (χ3v) is 6.81. The van der Waals surface area contributed by atoms with Crippen LogP contribution in [0, 0.1) is 5.92 Å². The summed E-state index contributed by atoms with van der Waals surface area (Å²) < 4.78 is 10.2. The van der Waals surface area contributed by atoms with E-state index in [1.807, 2.05) is 42.5 Å². The standard InChI is InChI=1S/C38H62O7/c1-4-5-17-25-34(39)27-20-15-16-21-28-35(40)26-19-12-9-10-14-23-30-38(43)45-32-36(41)31-44-37(42)29-22-13-8-6-7-11-18-24-33(2)3/h5,10,12,14-17,19-21,27-28,33-36,39-41H,4,6-9,11,13,18,22-26,29-32H2,1-3H3/b14-10-,16-15-,17-5-,19-12-,27-20+,28-21+/t34-,35+,36-/m1/s1. The first-order valence-corrected chi connectivity index (χ1v) is 17.1. The fourth-order valence-electron chi connectivity index (χ4n) is 4.17. The summed E-state index contributed by atoms with van der Waals surface area (Å²) in [6, 6.07) is 0. The molecule has 256 valence electrons. The van der Waals surface area contributed by atoms with Gasteiger partial charge in [-0.05, 0) is 44.4 Å². The lowest BCUT2D eigenvalue weighted by atomic mass is 10.0. The van der Waals surface area contributed by atoms with E-state index >= 15 is 0 Å². The second-order valence-electron chi connectivity index (χ2n) is 11.8. The number of ether oxygens (including phenoxy) is 2. The molecule has 45 heavy (non-hydrogen) atoms. The van der Waals surface area contributed by atoms with Gasteiger partial charge in [0.05, 0.1) is 12.2 Å². The number of aliphatic hydroxyl groups is 3. The lowest BCUT2D eigenvalue weighted by molar-refractivity contribution is -0.152. The van der Waals surface area contributed by atoms with Gasteiger partial charge in [0.25, 0.3) is 0 Å². The van der Waals surface area contributed by atoms with Crippen molar-refractivity contribution in [3.8, 4) is 0 Å². The Morgan fingerprint density at radius 1 is 0.622 bits per heavy atom. The maximum Gasteiger partial charge on any atom is 0.306 e. The van der Waals surface area contributed by atoms with E-state index in [9.17, 15) is 24.9 Å². The molecule has 0 rings (SSSR count). The summed E-state index contributed by atoms with van der Waals surface area (Å²) in [4.78, 5) is 23.8. The van der Waals surface area contributed by atoms with Gasteiger partial charge in [-0.2, -0.15) is 0 Å². The summed E-state index contributed by atoms with van der Waals surface area (Å²) in [7, 11) is 0. The van der Waals surface area contributed by atoms with Crippen LogP contribution in [-0.4, -0.2) is 58.8 Å². The number of carbonyl (C=O) groups excluding carboxylic acids is 2. The summed E-state index contributed by atoms with van der Waals surface area (Å²) in [5.74, 6) is 0.0382. The summed E-state index contributed by atoms with van der Waals surface area (Å²) in [6.45, 7) is 6.20. The van der Waals surface area contributed by atoms with Crippen LogP contribution in [0.15, 0.2) is 72.9 Å². The van der Waals surface area contributed by atoms with E-state index in [2.05, 4.69) is 20.8 Å². The first-order valence-electron chi connectivity index (χ1n) is 17.1. The van der Waals surface area contributed by atoms with Crippen molar-refractivity contribution >= 4 is 11.9 Å². The average Bonchev–Trinajstić information content (AvgIpc) is 3.01. The molecule has 0 fully saturated rings. The van der Waals surface area contributed by atoms with Crippen LogP contribution >= 0.6 is 0 Å². The Balaban J connectivity index is 3.80. The molecule has 3 atom stereocenters. The Hall–Kier alpha value is -2.74. The quantitative estimate of drug-likeness (QED) is 0.0347. The third kappa shape index (κ3) is 32.5. The summed E-state index contributed by atoms with van der Waals surface area (Å²) in [5, 5.41) is 29.7. The zero-order valence-electron chi connectivity index (χ0n) is 28.2. The lowest BCUT2D eigenvalue weighted by Crippen LogP contribution is -2.25. The van der Waals surface area contributed by atoms with Gasteiger partial charge in [0.1, 0.15) is 19.3 Å². The molecule has 0 radical (unpaired) electrons. The summed E-state index contributed by atoms with van der Waals surface area (Å²) in [6.07, 6.45) is 33.3. The second kappa shape index (κ2) is 31.3. The normalized spacial score (nSPS) is 14.6. The Bertz CT molecular complexity index is 898. The van der Waals surface area contributed by atoms with Crippen LogP contribution in [0.2, 0.25) is 0 Å². The molecule has 3 N–H and O–H groups in total. The Labute approximate surface area is 273 Å². The maximum absolute atomic E-state index is 11.9. The van der Waals surface area contributed by atoms with Crippen LogP contribution in [0.1, 0.15) is 117 Å². The topological polar surface area (TPSA) is 113 Å².